The van der Waals surface area contributed by atoms with Crippen LogP contribution in [0, 0.1) is 0 Å². The van der Waals surface area contributed by atoms with Gasteiger partial charge in [0.15, 0.2) is 0 Å². The second kappa shape index (κ2) is 7.71. The van der Waals surface area contributed by atoms with E-state index in [4.69, 9.17) is 0 Å². The highest BCUT2D eigenvalue weighted by atomic mass is 16.2. The highest BCUT2D eigenvalue weighted by molar-refractivity contribution is 6.82. The number of hydrogen-bond acceptors (Lipinski definition) is 1. The van der Waals surface area contributed by atoms with Gasteiger partial charge in [0, 0.05) is 23.2 Å². The number of nitrogens with zero attached hydrogens (tertiary/aromatic N) is 1. The summed E-state index contributed by atoms with van der Waals surface area (Å²) in [5.41, 5.74) is 10.2. The Labute approximate surface area is 450 Å². The Morgan fingerprint density at radius 2 is 0.512 bits per heavy atom. The summed E-state index contributed by atoms with van der Waals surface area (Å²) in [6.45, 7) is 0.526. The normalized spacial score (nSPS) is 20.8. The molecule has 0 saturated carbocycles. The van der Waals surface area contributed by atoms with Crippen molar-refractivity contribution >= 4 is 297 Å². The summed E-state index contributed by atoms with van der Waals surface area (Å²) in [6, 6.07) is 29.6. The summed E-state index contributed by atoms with van der Waals surface area (Å²) in [7, 11) is 0. The van der Waals surface area contributed by atoms with Gasteiger partial charge in [0.05, 0.1) is 5.41 Å². The summed E-state index contributed by atoms with van der Waals surface area (Å²) in [5.74, 6) is 0.182. The molecule has 0 aromatic heterocycles. The molecule has 31 aromatic carbocycles. The van der Waals surface area contributed by atoms with Crippen molar-refractivity contribution in [2.24, 2.45) is 0 Å². The highest BCUT2D eigenvalue weighted by Crippen LogP contribution is 2.86. The molecule has 346 valence electrons. The smallest absolute Gasteiger partial charge is 0.255 e. The van der Waals surface area contributed by atoms with E-state index in [1.165, 1.54) is 76.5 Å². The molecule has 1 aliphatic heterocycles. The number of benzene rings is 21. The van der Waals surface area contributed by atoms with Crippen molar-refractivity contribution in [1.82, 2.24) is 4.90 Å². The average molecular weight is 1010 g/mol. The Bertz CT molecular complexity index is 8090. The molecule has 36 rings (SSSR count). The minimum Gasteiger partial charge on any atom is -0.319 e. The predicted octanol–water partition coefficient (Wildman–Crippen LogP) is 20.6. The zero-order chi connectivity index (χ0) is 49.4. The molecular formula is C80H15NO. The Morgan fingerprint density at radius 3 is 0.805 bits per heavy atom. The van der Waals surface area contributed by atoms with Crippen molar-refractivity contribution in [2.45, 2.75) is 17.5 Å². The molecule has 4 aliphatic carbocycles. The fourth-order valence-corrected chi connectivity index (χ4v) is 27.3. The quantitative estimate of drug-likeness (QED) is 0.162. The maximum Gasteiger partial charge on any atom is 0.255 e. The molecule has 0 radical (unpaired) electrons. The van der Waals surface area contributed by atoms with Crippen molar-refractivity contribution < 1.29 is 4.79 Å². The molecule has 82 heavy (non-hydrogen) atoms. The fraction of sp³-hybridized carbons (Fsp3) is 0.0375. The number of carbonyl (C=O) groups excluding carboxylic acids is 1. The van der Waals surface area contributed by atoms with Crippen LogP contribution < -0.4 is 0 Å². The third-order valence-electron chi connectivity index (χ3n) is 27.9. The van der Waals surface area contributed by atoms with Crippen LogP contribution in [0.1, 0.15) is 43.7 Å². The summed E-state index contributed by atoms with van der Waals surface area (Å²) in [5, 5.41) is 85.1. The van der Waals surface area contributed by atoms with Gasteiger partial charge in [-0.15, -0.1) is 0 Å². The minimum atomic E-state index is -0.909. The van der Waals surface area contributed by atoms with Crippen LogP contribution in [0.5, 0.6) is 0 Å². The molecule has 31 aromatic rings. The van der Waals surface area contributed by atoms with Crippen LogP contribution in [-0.2, 0) is 17.5 Å². The van der Waals surface area contributed by atoms with E-state index in [9.17, 15) is 0 Å². The fourth-order valence-electron chi connectivity index (χ4n) is 27.3. The lowest BCUT2D eigenvalue weighted by atomic mass is 9.47. The van der Waals surface area contributed by atoms with Gasteiger partial charge in [0.25, 0.3) is 5.91 Å². The van der Waals surface area contributed by atoms with E-state index in [-0.39, 0.29) is 5.91 Å². The molecule has 0 atom stereocenters. The molecule has 0 unspecified atom stereocenters. The predicted molar refractivity (Wildman–Crippen MR) is 341 cm³/mol. The van der Waals surface area contributed by atoms with Crippen LogP contribution in [-0.4, -0.2) is 10.8 Å². The number of amides is 1. The van der Waals surface area contributed by atoms with Gasteiger partial charge in [-0.2, -0.15) is 0 Å². The molecule has 2 nitrogen and oxygen atoms in total. The van der Waals surface area contributed by atoms with Gasteiger partial charge in [-0.3, -0.25) is 4.79 Å². The molecule has 0 N–H and O–H groups in total. The zero-order valence-corrected chi connectivity index (χ0v) is 42.1. The van der Waals surface area contributed by atoms with E-state index in [2.05, 4.69) is 83.8 Å². The van der Waals surface area contributed by atoms with Crippen molar-refractivity contribution in [3.8, 4) is 11.1 Å². The lowest BCUT2D eigenvalue weighted by molar-refractivity contribution is 0.0347. The first-order valence-corrected chi connectivity index (χ1v) is 30.1. The number of fused-ring (bicyclic) bond motifs is 1. The van der Waals surface area contributed by atoms with Gasteiger partial charge < -0.3 is 4.90 Å². The molecule has 2 heteroatoms. The molecule has 5 aliphatic rings. The number of rotatable bonds is 3. The molecule has 2 spiro atoms. The van der Waals surface area contributed by atoms with E-state index in [0.717, 1.165) is 5.56 Å². The maximum atomic E-state index is 17.5. The first-order chi connectivity index (χ1) is 40.8. The Hall–Kier alpha value is -10.4. The first kappa shape index (κ1) is 32.0. The Kier molecular flexibility index (Phi) is 3.01. The lowest BCUT2D eigenvalue weighted by Crippen LogP contribution is -2.66. The van der Waals surface area contributed by atoms with Crippen LogP contribution >= 0.6 is 0 Å². The van der Waals surface area contributed by atoms with Gasteiger partial charge in [-0.25, -0.2) is 0 Å². The van der Waals surface area contributed by atoms with Gasteiger partial charge >= 0.3 is 0 Å². The van der Waals surface area contributed by atoms with E-state index < -0.39 is 11.0 Å². The van der Waals surface area contributed by atoms with E-state index in [1.807, 2.05) is 0 Å². The molecule has 0 bridgehead atoms. The topological polar surface area (TPSA) is 20.3 Å². The second-order valence-corrected chi connectivity index (χ2v) is 28.7. The van der Waals surface area contributed by atoms with Gasteiger partial charge in [0.1, 0.15) is 5.54 Å². The number of carbonyl (C=O) groups is 1. The van der Waals surface area contributed by atoms with Crippen LogP contribution in [0.25, 0.3) is 302 Å². The molecule has 0 fully saturated rings. The molecular weight excluding hydrogens is 991 g/mol. The molecule has 0 saturated heterocycles. The van der Waals surface area contributed by atoms with Crippen LogP contribution in [0.2, 0.25) is 0 Å². The first-order valence-electron chi connectivity index (χ1n) is 30.1. The van der Waals surface area contributed by atoms with Crippen LogP contribution in [0.3, 0.4) is 0 Å². The van der Waals surface area contributed by atoms with Crippen molar-refractivity contribution in [3.05, 3.63) is 118 Å². The summed E-state index contributed by atoms with van der Waals surface area (Å²) < 4.78 is 0. The van der Waals surface area contributed by atoms with Crippen molar-refractivity contribution in [2.75, 3.05) is 0 Å². The Balaban J connectivity index is 1.06. The van der Waals surface area contributed by atoms with E-state index in [0.29, 0.717) is 6.54 Å². The van der Waals surface area contributed by atoms with Gasteiger partial charge in [-0.05, 0) is 336 Å². The van der Waals surface area contributed by atoms with Crippen LogP contribution in [0.4, 0.5) is 0 Å². The van der Waals surface area contributed by atoms with E-state index >= 15 is 4.79 Å². The van der Waals surface area contributed by atoms with Gasteiger partial charge in [0.2, 0.25) is 0 Å². The second-order valence-electron chi connectivity index (χ2n) is 28.7. The summed E-state index contributed by atoms with van der Waals surface area (Å²) in [6.07, 6.45) is 0. The van der Waals surface area contributed by atoms with Crippen molar-refractivity contribution in [3.63, 3.8) is 0 Å². The highest BCUT2D eigenvalue weighted by Gasteiger charge is 2.75. The standard InChI is InChI=1S/C80H15NO/c82-78-18-12-11-17(16-9-5-2-6-10-16)13-19(18)79-74-66-58-48-38-30-22-20-21-24-28-26(22)34-42-36(28)46-40-32(24)33-25(21)29-27-23(20)31(30)39-45-35(27)43-37(29)47-41(33)51-50(40)62-56(46)64-54(42)60(52(58)44(34)38)68(74)70(64)76-72(62)73-63(51)57(47)65-55(43)61-53(45)59(49(39)48)67(66)75(79)69(61)71(65)77(73)80(76,79)81(78)14-15-7-3-1-4-8-15/h1-13H,14H2. The minimum absolute atomic E-state index is 0.182. The third kappa shape index (κ3) is 1.86. The largest absolute Gasteiger partial charge is 0.319 e. The monoisotopic (exact) mass is 1010 g/mol. The summed E-state index contributed by atoms with van der Waals surface area (Å²) in [4.78, 5) is 20.1. The molecule has 1 heterocycles. The lowest BCUT2D eigenvalue weighted by Gasteiger charge is -2.61. The Morgan fingerprint density at radius 1 is 0.256 bits per heavy atom. The summed E-state index contributed by atoms with van der Waals surface area (Å²) >= 11 is 0. The SMILES string of the molecule is O=C1c2ccc(-c3ccccc3)cc2C23c4c5c6c7c8c9c(c%10c%11c2c2c4c4c%12c5c5c6c6c8c8c%13c9c9c%10c%10c%11c%11c2c2c4c4c%12c%12c5c5c6c8c6c8c%13c9c9c%10c%10c%11c2c2c4c4c%12c5c6c5c8c9c%10c2c45)C73N1Cc1ccccc1. The third-order valence-corrected chi connectivity index (χ3v) is 27.9. The van der Waals surface area contributed by atoms with Crippen molar-refractivity contribution in [1.29, 1.82) is 0 Å². The maximum absolute atomic E-state index is 17.5. The van der Waals surface area contributed by atoms with E-state index in [1.54, 1.807) is 259 Å². The van der Waals surface area contributed by atoms with Gasteiger partial charge in [-0.1, -0.05) is 66.7 Å². The zero-order valence-electron chi connectivity index (χ0n) is 42.1. The average Bonchev–Trinajstić information content (AvgIpc) is 1.38. The number of hydrogen-bond donors (Lipinski definition) is 0. The van der Waals surface area contributed by atoms with Crippen LogP contribution in [0.15, 0.2) is 78.9 Å². The molecule has 1 amide bonds.